The Kier molecular flexibility index (Phi) is 4.61. The Labute approximate surface area is 119 Å². The zero-order chi connectivity index (χ0) is 13.8. The molecule has 0 N–H and O–H groups in total. The molecule has 0 fully saturated rings. The van der Waals surface area contributed by atoms with Crippen molar-refractivity contribution in [3.8, 4) is 5.75 Å². The Hall–Kier alpha value is -1.32. The molecule has 0 unspecified atom stereocenters. The molecule has 0 aliphatic heterocycles. The summed E-state index contributed by atoms with van der Waals surface area (Å²) >= 11 is 11.8. The van der Waals surface area contributed by atoms with Gasteiger partial charge in [-0.1, -0.05) is 17.7 Å². The molecule has 2 aromatic rings. The van der Waals surface area contributed by atoms with Crippen molar-refractivity contribution in [2.24, 2.45) is 0 Å². The number of halogens is 4. The van der Waals surface area contributed by atoms with Crippen LogP contribution in [-0.2, 0) is 12.5 Å². The molecule has 0 saturated heterocycles. The van der Waals surface area contributed by atoms with Gasteiger partial charge in [0.1, 0.15) is 24.0 Å². The highest BCUT2D eigenvalue weighted by atomic mass is 35.5. The topological polar surface area (TPSA) is 9.23 Å². The van der Waals surface area contributed by atoms with Crippen LogP contribution in [0.25, 0.3) is 0 Å². The van der Waals surface area contributed by atoms with Crippen LogP contribution >= 0.6 is 23.2 Å². The van der Waals surface area contributed by atoms with E-state index in [4.69, 9.17) is 27.9 Å². The second-order valence-electron chi connectivity index (χ2n) is 3.92. The van der Waals surface area contributed by atoms with Crippen molar-refractivity contribution in [1.29, 1.82) is 0 Å². The van der Waals surface area contributed by atoms with Crippen LogP contribution < -0.4 is 4.74 Å². The van der Waals surface area contributed by atoms with E-state index in [1.165, 1.54) is 12.1 Å². The minimum Gasteiger partial charge on any atom is -0.489 e. The van der Waals surface area contributed by atoms with Crippen LogP contribution in [0.4, 0.5) is 8.78 Å². The standard InChI is InChI=1S/C14H10Cl2F2O/c15-7-12-13(16)2-1-3-14(12)19-8-9-4-10(17)6-11(18)5-9/h1-6H,7-8H2. The highest BCUT2D eigenvalue weighted by molar-refractivity contribution is 6.32. The Morgan fingerprint density at radius 1 is 1.05 bits per heavy atom. The summed E-state index contributed by atoms with van der Waals surface area (Å²) < 4.78 is 31.6. The average Bonchev–Trinajstić information content (AvgIpc) is 2.35. The van der Waals surface area contributed by atoms with Gasteiger partial charge in [0.15, 0.2) is 0 Å². The Morgan fingerprint density at radius 3 is 2.37 bits per heavy atom. The van der Waals surface area contributed by atoms with Gasteiger partial charge in [-0.15, -0.1) is 11.6 Å². The highest BCUT2D eigenvalue weighted by Crippen LogP contribution is 2.28. The van der Waals surface area contributed by atoms with Crippen molar-refractivity contribution < 1.29 is 13.5 Å². The van der Waals surface area contributed by atoms with Gasteiger partial charge in [-0.3, -0.25) is 0 Å². The molecule has 0 saturated carbocycles. The number of benzene rings is 2. The molecular formula is C14H10Cl2F2O. The molecule has 0 heterocycles. The first-order valence-electron chi connectivity index (χ1n) is 5.51. The lowest BCUT2D eigenvalue weighted by Gasteiger charge is -2.11. The zero-order valence-electron chi connectivity index (χ0n) is 9.80. The number of ether oxygens (including phenoxy) is 1. The van der Waals surface area contributed by atoms with Crippen molar-refractivity contribution in [1.82, 2.24) is 0 Å². The monoisotopic (exact) mass is 302 g/mol. The third kappa shape index (κ3) is 3.58. The third-order valence-electron chi connectivity index (χ3n) is 2.53. The van der Waals surface area contributed by atoms with Crippen molar-refractivity contribution >= 4 is 23.2 Å². The van der Waals surface area contributed by atoms with Gasteiger partial charge in [-0.05, 0) is 29.8 Å². The van der Waals surface area contributed by atoms with E-state index in [0.717, 1.165) is 6.07 Å². The molecule has 0 aliphatic rings. The normalized spacial score (nSPS) is 10.5. The summed E-state index contributed by atoms with van der Waals surface area (Å²) in [6.45, 7) is 0.0406. The highest BCUT2D eigenvalue weighted by Gasteiger charge is 2.08. The summed E-state index contributed by atoms with van der Waals surface area (Å²) in [6, 6.07) is 8.38. The van der Waals surface area contributed by atoms with Crippen LogP contribution in [0.15, 0.2) is 36.4 Å². The molecule has 1 nitrogen and oxygen atoms in total. The molecule has 0 bridgehead atoms. The minimum absolute atomic E-state index is 0.0406. The lowest BCUT2D eigenvalue weighted by molar-refractivity contribution is 0.302. The van der Waals surface area contributed by atoms with Gasteiger partial charge in [0, 0.05) is 16.7 Å². The molecular weight excluding hydrogens is 293 g/mol. The van der Waals surface area contributed by atoms with E-state index in [-0.39, 0.29) is 12.5 Å². The van der Waals surface area contributed by atoms with Gasteiger partial charge in [0.25, 0.3) is 0 Å². The molecule has 5 heteroatoms. The predicted octanol–water partition coefficient (Wildman–Crippen LogP) is 4.94. The van der Waals surface area contributed by atoms with Gasteiger partial charge < -0.3 is 4.74 Å². The smallest absolute Gasteiger partial charge is 0.126 e. The number of rotatable bonds is 4. The van der Waals surface area contributed by atoms with E-state index in [0.29, 0.717) is 21.9 Å². The molecule has 19 heavy (non-hydrogen) atoms. The molecule has 0 atom stereocenters. The largest absolute Gasteiger partial charge is 0.489 e. The summed E-state index contributed by atoms with van der Waals surface area (Å²) in [6.07, 6.45) is 0. The molecule has 0 spiro atoms. The van der Waals surface area contributed by atoms with Crippen LogP contribution in [0.3, 0.4) is 0 Å². The maximum atomic E-state index is 13.0. The fraction of sp³-hybridized carbons (Fsp3) is 0.143. The lowest BCUT2D eigenvalue weighted by atomic mass is 10.2. The van der Waals surface area contributed by atoms with E-state index < -0.39 is 11.6 Å². The fourth-order valence-electron chi connectivity index (χ4n) is 1.66. The van der Waals surface area contributed by atoms with Crippen LogP contribution in [-0.4, -0.2) is 0 Å². The number of hydrogen-bond donors (Lipinski definition) is 0. The summed E-state index contributed by atoms with van der Waals surface area (Å²) in [5, 5.41) is 0.498. The predicted molar refractivity (Wildman–Crippen MR) is 71.7 cm³/mol. The molecule has 0 amide bonds. The molecule has 2 rings (SSSR count). The number of alkyl halides is 1. The molecule has 0 aliphatic carbocycles. The summed E-state index contributed by atoms with van der Waals surface area (Å²) in [7, 11) is 0. The SMILES string of the molecule is Fc1cc(F)cc(COc2cccc(Cl)c2CCl)c1. The summed E-state index contributed by atoms with van der Waals surface area (Å²) in [5.74, 6) is -0.566. The van der Waals surface area contributed by atoms with Gasteiger partial charge in [0.05, 0.1) is 5.88 Å². The van der Waals surface area contributed by atoms with Gasteiger partial charge in [-0.25, -0.2) is 8.78 Å². The third-order valence-corrected chi connectivity index (χ3v) is 3.15. The quantitative estimate of drug-likeness (QED) is 0.727. The number of hydrogen-bond acceptors (Lipinski definition) is 1. The van der Waals surface area contributed by atoms with Gasteiger partial charge in [-0.2, -0.15) is 0 Å². The van der Waals surface area contributed by atoms with Crippen LogP contribution in [0.5, 0.6) is 5.75 Å². The van der Waals surface area contributed by atoms with Crippen molar-refractivity contribution in [2.75, 3.05) is 0 Å². The second kappa shape index (κ2) is 6.22. The second-order valence-corrected chi connectivity index (χ2v) is 4.59. The molecule has 0 radical (unpaired) electrons. The van der Waals surface area contributed by atoms with E-state index in [9.17, 15) is 8.78 Å². The van der Waals surface area contributed by atoms with Crippen molar-refractivity contribution in [3.05, 3.63) is 64.2 Å². The van der Waals surface area contributed by atoms with Gasteiger partial charge in [0.2, 0.25) is 0 Å². The van der Waals surface area contributed by atoms with E-state index in [1.54, 1.807) is 18.2 Å². The van der Waals surface area contributed by atoms with E-state index in [1.807, 2.05) is 0 Å². The van der Waals surface area contributed by atoms with Crippen molar-refractivity contribution in [3.63, 3.8) is 0 Å². The Bertz CT molecular complexity index is 567. The lowest BCUT2D eigenvalue weighted by Crippen LogP contribution is -1.99. The van der Waals surface area contributed by atoms with Crippen molar-refractivity contribution in [2.45, 2.75) is 12.5 Å². The molecule has 0 aromatic heterocycles. The molecule has 2 aromatic carbocycles. The van der Waals surface area contributed by atoms with E-state index in [2.05, 4.69) is 0 Å². The van der Waals surface area contributed by atoms with Gasteiger partial charge >= 0.3 is 0 Å². The van der Waals surface area contributed by atoms with Crippen LogP contribution in [0, 0.1) is 11.6 Å². The van der Waals surface area contributed by atoms with Crippen LogP contribution in [0.1, 0.15) is 11.1 Å². The average molecular weight is 303 g/mol. The first-order chi connectivity index (χ1) is 9.10. The Balaban J connectivity index is 2.16. The maximum absolute atomic E-state index is 13.0. The zero-order valence-corrected chi connectivity index (χ0v) is 11.3. The fourth-order valence-corrected chi connectivity index (χ4v) is 2.24. The maximum Gasteiger partial charge on any atom is 0.126 e. The summed E-state index contributed by atoms with van der Waals surface area (Å²) in [4.78, 5) is 0. The minimum atomic E-state index is -0.637. The Morgan fingerprint density at radius 2 is 1.74 bits per heavy atom. The van der Waals surface area contributed by atoms with Crippen LogP contribution in [0.2, 0.25) is 5.02 Å². The summed E-state index contributed by atoms with van der Waals surface area (Å²) in [5.41, 5.74) is 1.06. The first kappa shape index (κ1) is 14.1. The first-order valence-corrected chi connectivity index (χ1v) is 6.42. The molecule has 100 valence electrons. The van der Waals surface area contributed by atoms with E-state index >= 15 is 0 Å².